The highest BCUT2D eigenvalue weighted by molar-refractivity contribution is 14.0. The summed E-state index contributed by atoms with van der Waals surface area (Å²) in [6.45, 7) is 9.50. The lowest BCUT2D eigenvalue weighted by Crippen LogP contribution is -2.39. The zero-order chi connectivity index (χ0) is 18.6. The third kappa shape index (κ3) is 9.76. The van der Waals surface area contributed by atoms with Crippen molar-refractivity contribution in [2.45, 2.75) is 39.5 Å². The van der Waals surface area contributed by atoms with E-state index in [0.717, 1.165) is 71.2 Å². The fourth-order valence-corrected chi connectivity index (χ4v) is 3.21. The zero-order valence-electron chi connectivity index (χ0n) is 17.1. The highest BCUT2D eigenvalue weighted by Gasteiger charge is 2.13. The Morgan fingerprint density at radius 1 is 1.19 bits per heavy atom. The van der Waals surface area contributed by atoms with Gasteiger partial charge in [-0.15, -0.1) is 24.0 Å². The van der Waals surface area contributed by atoms with Crippen LogP contribution in [0.15, 0.2) is 23.2 Å². The van der Waals surface area contributed by atoms with Gasteiger partial charge in [0, 0.05) is 46.6 Å². The van der Waals surface area contributed by atoms with E-state index >= 15 is 0 Å². The maximum Gasteiger partial charge on any atom is 0.190 e. The number of ether oxygens (including phenoxy) is 2. The van der Waals surface area contributed by atoms with Crippen molar-refractivity contribution in [1.82, 2.24) is 10.6 Å². The monoisotopic (exact) mass is 489 g/mol. The van der Waals surface area contributed by atoms with Crippen molar-refractivity contribution in [3.05, 3.63) is 34.9 Å². The molecule has 0 saturated carbocycles. The molecule has 1 aromatic rings. The van der Waals surface area contributed by atoms with Gasteiger partial charge in [0.15, 0.2) is 5.96 Å². The molecule has 1 aromatic carbocycles. The minimum Gasteiger partial charge on any atom is -0.381 e. The van der Waals surface area contributed by atoms with Crippen LogP contribution in [0.25, 0.3) is 0 Å². The van der Waals surface area contributed by atoms with Crippen molar-refractivity contribution in [3.8, 4) is 0 Å². The van der Waals surface area contributed by atoms with Crippen LogP contribution in [0.5, 0.6) is 0 Å². The van der Waals surface area contributed by atoms with E-state index in [-0.39, 0.29) is 24.0 Å². The Labute approximate surface area is 181 Å². The first-order valence-electron chi connectivity index (χ1n) is 9.85. The number of benzene rings is 1. The third-order valence-corrected chi connectivity index (χ3v) is 4.86. The summed E-state index contributed by atoms with van der Waals surface area (Å²) in [6, 6.07) is 6.64. The van der Waals surface area contributed by atoms with E-state index in [4.69, 9.17) is 9.47 Å². The van der Waals surface area contributed by atoms with Crippen LogP contribution in [-0.4, -0.2) is 52.5 Å². The van der Waals surface area contributed by atoms with Gasteiger partial charge in [0.05, 0.1) is 0 Å². The van der Waals surface area contributed by atoms with Gasteiger partial charge in [-0.3, -0.25) is 4.99 Å². The van der Waals surface area contributed by atoms with Crippen LogP contribution in [0.4, 0.5) is 0 Å². The van der Waals surface area contributed by atoms with Gasteiger partial charge in [0.1, 0.15) is 0 Å². The van der Waals surface area contributed by atoms with Gasteiger partial charge in [0.2, 0.25) is 0 Å². The number of halogens is 1. The zero-order valence-corrected chi connectivity index (χ0v) is 19.4. The summed E-state index contributed by atoms with van der Waals surface area (Å²) in [6.07, 6.45) is 4.26. The molecule has 0 atom stereocenters. The van der Waals surface area contributed by atoms with Crippen molar-refractivity contribution >= 4 is 29.9 Å². The summed E-state index contributed by atoms with van der Waals surface area (Å²) in [4.78, 5) is 4.29. The van der Waals surface area contributed by atoms with Crippen LogP contribution in [0.1, 0.15) is 36.0 Å². The quantitative estimate of drug-likeness (QED) is 0.242. The van der Waals surface area contributed by atoms with Gasteiger partial charge in [-0.25, -0.2) is 0 Å². The van der Waals surface area contributed by atoms with Crippen LogP contribution in [-0.2, 0) is 15.9 Å². The maximum absolute atomic E-state index is 5.79. The van der Waals surface area contributed by atoms with Gasteiger partial charge in [-0.2, -0.15) is 0 Å². The Hall–Kier alpha value is -0.860. The Bertz CT molecular complexity index is 560. The number of aryl methyl sites for hydroxylation is 2. The molecule has 5 nitrogen and oxygen atoms in total. The minimum atomic E-state index is 0. The number of nitrogens with zero attached hydrogens (tertiary/aromatic N) is 1. The molecule has 0 radical (unpaired) electrons. The molecule has 0 unspecified atom stereocenters. The second kappa shape index (κ2) is 14.2. The second-order valence-corrected chi connectivity index (χ2v) is 7.09. The summed E-state index contributed by atoms with van der Waals surface area (Å²) in [5.74, 6) is 1.54. The molecule has 6 heteroatoms. The average Bonchev–Trinajstić information content (AvgIpc) is 2.65. The van der Waals surface area contributed by atoms with Crippen LogP contribution < -0.4 is 10.6 Å². The van der Waals surface area contributed by atoms with Crippen molar-refractivity contribution in [1.29, 1.82) is 0 Å². The van der Waals surface area contributed by atoms with Crippen LogP contribution >= 0.6 is 24.0 Å². The molecule has 2 rings (SSSR count). The highest BCUT2D eigenvalue weighted by Crippen LogP contribution is 2.14. The smallest absolute Gasteiger partial charge is 0.190 e. The summed E-state index contributed by atoms with van der Waals surface area (Å²) < 4.78 is 11.2. The Balaban J connectivity index is 0.00000364. The molecule has 2 N–H and O–H groups in total. The number of hydrogen-bond donors (Lipinski definition) is 2. The molecule has 1 fully saturated rings. The number of aliphatic imine (C=N–C) groups is 1. The molecule has 1 saturated heterocycles. The largest absolute Gasteiger partial charge is 0.381 e. The minimum absolute atomic E-state index is 0. The van der Waals surface area contributed by atoms with E-state index in [0.29, 0.717) is 5.92 Å². The average molecular weight is 489 g/mol. The summed E-state index contributed by atoms with van der Waals surface area (Å²) in [5, 5.41) is 6.74. The van der Waals surface area contributed by atoms with Gasteiger partial charge >= 0.3 is 0 Å². The van der Waals surface area contributed by atoms with Gasteiger partial charge < -0.3 is 20.1 Å². The number of hydrogen-bond acceptors (Lipinski definition) is 3. The topological polar surface area (TPSA) is 54.9 Å². The van der Waals surface area contributed by atoms with Crippen molar-refractivity contribution < 1.29 is 9.47 Å². The van der Waals surface area contributed by atoms with Crippen LogP contribution in [0.2, 0.25) is 0 Å². The predicted molar refractivity (Wildman–Crippen MR) is 123 cm³/mol. The lowest BCUT2D eigenvalue weighted by molar-refractivity contribution is 0.0203. The first kappa shape index (κ1) is 24.2. The molecule has 154 valence electrons. The Morgan fingerprint density at radius 3 is 2.63 bits per heavy atom. The Morgan fingerprint density at radius 2 is 1.93 bits per heavy atom. The van der Waals surface area contributed by atoms with E-state index in [2.05, 4.69) is 47.7 Å². The molecule has 1 aliphatic heterocycles. The maximum atomic E-state index is 5.79. The Kier molecular flexibility index (Phi) is 12.7. The lowest BCUT2D eigenvalue weighted by Gasteiger charge is -2.21. The molecular weight excluding hydrogens is 453 g/mol. The van der Waals surface area contributed by atoms with Crippen LogP contribution in [0.3, 0.4) is 0 Å². The van der Waals surface area contributed by atoms with Crippen molar-refractivity contribution in [2.24, 2.45) is 10.9 Å². The normalized spacial score (nSPS) is 15.3. The number of guanidine groups is 1. The summed E-state index contributed by atoms with van der Waals surface area (Å²) in [7, 11) is 1.81. The standard InChI is InChI=1S/C21H35N3O2.HI/c1-17-5-6-20(18(2)15-17)7-11-24-21(22-3)23-10-4-12-26-16-19-8-13-25-14-9-19;/h5-6,15,19H,4,7-14,16H2,1-3H3,(H2,22,23,24);1H. The molecule has 0 bridgehead atoms. The number of rotatable bonds is 9. The van der Waals surface area contributed by atoms with E-state index in [1.54, 1.807) is 0 Å². The first-order chi connectivity index (χ1) is 12.7. The molecule has 0 aromatic heterocycles. The van der Waals surface area contributed by atoms with E-state index in [1.165, 1.54) is 16.7 Å². The SMILES string of the molecule is CN=C(NCCCOCC1CCOCC1)NCCc1ccc(C)cc1C.I. The molecule has 0 amide bonds. The molecule has 1 aliphatic rings. The lowest BCUT2D eigenvalue weighted by atomic mass is 10.0. The van der Waals surface area contributed by atoms with E-state index in [9.17, 15) is 0 Å². The fourth-order valence-electron chi connectivity index (χ4n) is 3.21. The molecule has 1 heterocycles. The molecule has 27 heavy (non-hydrogen) atoms. The highest BCUT2D eigenvalue weighted by atomic mass is 127. The van der Waals surface area contributed by atoms with Crippen molar-refractivity contribution in [2.75, 3.05) is 46.6 Å². The molecule has 0 spiro atoms. The third-order valence-electron chi connectivity index (χ3n) is 4.86. The molecule has 0 aliphatic carbocycles. The summed E-state index contributed by atoms with van der Waals surface area (Å²) >= 11 is 0. The van der Waals surface area contributed by atoms with Crippen LogP contribution in [0, 0.1) is 19.8 Å². The van der Waals surface area contributed by atoms with Gasteiger partial charge in [-0.05, 0) is 56.6 Å². The molecular formula is C21H36IN3O2. The van der Waals surface area contributed by atoms with Gasteiger partial charge in [-0.1, -0.05) is 23.8 Å². The fraction of sp³-hybridized carbons (Fsp3) is 0.667. The first-order valence-corrected chi connectivity index (χ1v) is 9.85. The van der Waals surface area contributed by atoms with Gasteiger partial charge in [0.25, 0.3) is 0 Å². The van der Waals surface area contributed by atoms with E-state index in [1.807, 2.05) is 7.05 Å². The second-order valence-electron chi connectivity index (χ2n) is 7.09. The predicted octanol–water partition coefficient (Wildman–Crippen LogP) is 3.46. The number of nitrogens with one attached hydrogen (secondary N) is 2. The van der Waals surface area contributed by atoms with E-state index < -0.39 is 0 Å². The van der Waals surface area contributed by atoms with Crippen molar-refractivity contribution in [3.63, 3.8) is 0 Å². The summed E-state index contributed by atoms with van der Waals surface area (Å²) in [5.41, 5.74) is 4.06.